The Kier molecular flexibility index (Phi) is 2.63. The molecular formula is C21H16NO2+. The fourth-order valence-corrected chi connectivity index (χ4v) is 3.42. The van der Waals surface area contributed by atoms with Gasteiger partial charge in [0.2, 0.25) is 5.58 Å². The van der Waals surface area contributed by atoms with Crippen molar-refractivity contribution in [2.45, 2.75) is 6.92 Å². The van der Waals surface area contributed by atoms with E-state index in [0.29, 0.717) is 0 Å². The molecule has 0 N–H and O–H groups in total. The Morgan fingerprint density at radius 3 is 2.42 bits per heavy atom. The number of furan rings is 1. The highest BCUT2D eigenvalue weighted by Gasteiger charge is 2.24. The molecule has 0 saturated heterocycles. The van der Waals surface area contributed by atoms with E-state index in [0.717, 1.165) is 44.5 Å². The molecule has 3 aromatic carbocycles. The molecule has 0 unspecified atom stereocenters. The van der Waals surface area contributed by atoms with Crippen LogP contribution < -0.4 is 4.57 Å². The van der Waals surface area contributed by atoms with E-state index >= 15 is 0 Å². The fourth-order valence-electron chi connectivity index (χ4n) is 3.42. The van der Waals surface area contributed by atoms with Gasteiger partial charge in [0.15, 0.2) is 0 Å². The molecule has 0 aliphatic rings. The topological polar surface area (TPSA) is 30.2 Å². The first-order valence-corrected chi connectivity index (χ1v) is 8.02. The Hall–Kier alpha value is -3.07. The standard InChI is InChI=1S/C21H16NO2/c1-13-7-3-4-8-14(13)21-22(2)17-12-19-16(11-20(17)24-21)15-9-5-6-10-18(15)23-19/h3-12H,1-2H3/q+1. The maximum Gasteiger partial charge on any atom is 0.381 e. The van der Waals surface area contributed by atoms with Crippen LogP contribution in [0, 0.1) is 6.92 Å². The molecule has 0 aliphatic heterocycles. The minimum Gasteiger partial charge on any atom is -0.456 e. The van der Waals surface area contributed by atoms with Crippen LogP contribution in [0.1, 0.15) is 5.56 Å². The second-order valence-electron chi connectivity index (χ2n) is 6.20. The third-order valence-electron chi connectivity index (χ3n) is 4.71. The van der Waals surface area contributed by atoms with Crippen molar-refractivity contribution in [3.05, 3.63) is 66.2 Å². The van der Waals surface area contributed by atoms with Crippen LogP contribution in [-0.4, -0.2) is 0 Å². The van der Waals surface area contributed by atoms with Crippen molar-refractivity contribution in [2.75, 3.05) is 0 Å². The van der Waals surface area contributed by atoms with Gasteiger partial charge < -0.3 is 8.83 Å². The van der Waals surface area contributed by atoms with E-state index in [2.05, 4.69) is 41.8 Å². The molecule has 2 heterocycles. The molecule has 3 nitrogen and oxygen atoms in total. The predicted octanol–water partition coefficient (Wildman–Crippen LogP) is 5.13. The van der Waals surface area contributed by atoms with Gasteiger partial charge >= 0.3 is 5.89 Å². The molecule has 0 radical (unpaired) electrons. The van der Waals surface area contributed by atoms with Gasteiger partial charge in [-0.1, -0.05) is 36.4 Å². The first-order valence-electron chi connectivity index (χ1n) is 8.02. The highest BCUT2D eigenvalue weighted by Crippen LogP contribution is 2.33. The number of benzene rings is 3. The van der Waals surface area contributed by atoms with Crippen LogP contribution >= 0.6 is 0 Å². The number of hydrogen-bond acceptors (Lipinski definition) is 2. The first kappa shape index (κ1) is 13.4. The largest absolute Gasteiger partial charge is 0.456 e. The number of fused-ring (bicyclic) bond motifs is 4. The van der Waals surface area contributed by atoms with Crippen molar-refractivity contribution < 1.29 is 13.4 Å². The van der Waals surface area contributed by atoms with Crippen LogP contribution in [0.5, 0.6) is 0 Å². The molecule has 0 bridgehead atoms. The van der Waals surface area contributed by atoms with Crippen molar-refractivity contribution >= 4 is 33.0 Å². The Labute approximate surface area is 138 Å². The van der Waals surface area contributed by atoms with Crippen molar-refractivity contribution in [3.63, 3.8) is 0 Å². The number of hydrogen-bond donors (Lipinski definition) is 0. The number of rotatable bonds is 1. The molecule has 116 valence electrons. The zero-order chi connectivity index (χ0) is 16.3. The summed E-state index contributed by atoms with van der Waals surface area (Å²) in [7, 11) is 2.03. The molecule has 0 saturated carbocycles. The Morgan fingerprint density at radius 2 is 1.54 bits per heavy atom. The Morgan fingerprint density at radius 1 is 0.750 bits per heavy atom. The van der Waals surface area contributed by atoms with Gasteiger partial charge in [0.1, 0.15) is 18.2 Å². The highest BCUT2D eigenvalue weighted by molar-refractivity contribution is 6.08. The van der Waals surface area contributed by atoms with E-state index in [9.17, 15) is 0 Å². The maximum atomic E-state index is 6.21. The van der Waals surface area contributed by atoms with Crippen LogP contribution in [0.4, 0.5) is 0 Å². The average molecular weight is 314 g/mol. The summed E-state index contributed by atoms with van der Waals surface area (Å²) in [6.45, 7) is 2.10. The molecule has 0 fully saturated rings. The van der Waals surface area contributed by atoms with E-state index in [1.165, 1.54) is 5.56 Å². The molecule has 0 atom stereocenters. The molecule has 0 spiro atoms. The van der Waals surface area contributed by atoms with E-state index in [1.807, 2.05) is 37.4 Å². The van der Waals surface area contributed by atoms with Gasteiger partial charge in [-0.2, -0.15) is 4.57 Å². The van der Waals surface area contributed by atoms with Gasteiger partial charge in [0.25, 0.3) is 5.52 Å². The van der Waals surface area contributed by atoms with Crippen LogP contribution in [0.15, 0.2) is 69.5 Å². The maximum absolute atomic E-state index is 6.21. The van der Waals surface area contributed by atoms with Crippen LogP contribution in [-0.2, 0) is 7.05 Å². The summed E-state index contributed by atoms with van der Waals surface area (Å²) < 4.78 is 14.3. The SMILES string of the molecule is Cc1ccccc1-c1oc2cc3c(cc2[n+]1C)oc1ccccc13. The summed E-state index contributed by atoms with van der Waals surface area (Å²) in [5.74, 6) is 0.861. The molecule has 5 rings (SSSR count). The third kappa shape index (κ3) is 1.75. The summed E-state index contributed by atoms with van der Waals surface area (Å²) in [5.41, 5.74) is 5.99. The lowest BCUT2D eigenvalue weighted by Gasteiger charge is -1.97. The quantitative estimate of drug-likeness (QED) is 0.401. The normalized spacial score (nSPS) is 11.8. The van der Waals surface area contributed by atoms with E-state index in [4.69, 9.17) is 8.83 Å². The molecule has 0 aliphatic carbocycles. The van der Waals surface area contributed by atoms with Gasteiger partial charge in [-0.05, 0) is 30.7 Å². The zero-order valence-corrected chi connectivity index (χ0v) is 13.5. The average Bonchev–Trinajstić information content (AvgIpc) is 3.11. The van der Waals surface area contributed by atoms with Gasteiger partial charge in [0, 0.05) is 10.8 Å². The number of aromatic nitrogens is 1. The lowest BCUT2D eigenvalue weighted by Crippen LogP contribution is -2.28. The predicted molar refractivity (Wildman–Crippen MR) is 94.8 cm³/mol. The second-order valence-corrected chi connectivity index (χ2v) is 6.20. The molecule has 3 heteroatoms. The van der Waals surface area contributed by atoms with E-state index in [-0.39, 0.29) is 0 Å². The van der Waals surface area contributed by atoms with Crippen molar-refractivity contribution in [3.8, 4) is 11.5 Å². The minimum atomic E-state index is 0.861. The highest BCUT2D eigenvalue weighted by atomic mass is 16.4. The number of para-hydroxylation sites is 1. The van der Waals surface area contributed by atoms with E-state index in [1.54, 1.807) is 0 Å². The monoisotopic (exact) mass is 314 g/mol. The zero-order valence-electron chi connectivity index (χ0n) is 13.5. The van der Waals surface area contributed by atoms with Crippen LogP contribution in [0.3, 0.4) is 0 Å². The summed E-state index contributed by atoms with van der Waals surface area (Å²) in [6, 6.07) is 20.5. The lowest BCUT2D eigenvalue weighted by atomic mass is 10.1. The second kappa shape index (κ2) is 4.71. The fraction of sp³-hybridized carbons (Fsp3) is 0.0952. The molecule has 24 heavy (non-hydrogen) atoms. The smallest absolute Gasteiger partial charge is 0.381 e. The summed E-state index contributed by atoms with van der Waals surface area (Å²) >= 11 is 0. The number of oxazole rings is 1. The van der Waals surface area contributed by atoms with Crippen molar-refractivity contribution in [1.82, 2.24) is 0 Å². The Bertz CT molecular complexity index is 1230. The van der Waals surface area contributed by atoms with Crippen molar-refractivity contribution in [2.24, 2.45) is 7.05 Å². The minimum absolute atomic E-state index is 0.861. The lowest BCUT2D eigenvalue weighted by molar-refractivity contribution is -0.637. The first-order chi connectivity index (χ1) is 11.7. The number of aryl methyl sites for hydroxylation is 2. The van der Waals surface area contributed by atoms with Gasteiger partial charge in [-0.3, -0.25) is 0 Å². The third-order valence-corrected chi connectivity index (χ3v) is 4.71. The molecular weight excluding hydrogens is 298 g/mol. The van der Waals surface area contributed by atoms with Crippen LogP contribution in [0.2, 0.25) is 0 Å². The molecule has 0 amide bonds. The van der Waals surface area contributed by atoms with Crippen LogP contribution in [0.25, 0.3) is 44.5 Å². The summed E-state index contributed by atoms with van der Waals surface area (Å²) in [4.78, 5) is 0. The summed E-state index contributed by atoms with van der Waals surface area (Å²) in [5, 5.41) is 2.20. The van der Waals surface area contributed by atoms with Gasteiger partial charge in [0.05, 0.1) is 11.6 Å². The van der Waals surface area contributed by atoms with Gasteiger partial charge in [-0.25, -0.2) is 0 Å². The molecule has 5 aromatic rings. The summed E-state index contributed by atoms with van der Waals surface area (Å²) in [6.07, 6.45) is 0. The van der Waals surface area contributed by atoms with E-state index < -0.39 is 0 Å². The number of nitrogens with zero attached hydrogens (tertiary/aromatic N) is 1. The van der Waals surface area contributed by atoms with Gasteiger partial charge in [-0.15, -0.1) is 0 Å². The molecule has 2 aromatic heterocycles. The van der Waals surface area contributed by atoms with Crippen molar-refractivity contribution in [1.29, 1.82) is 0 Å². The Balaban J connectivity index is 1.85.